The smallest absolute Gasteiger partial charge is 0.0663 e. The van der Waals surface area contributed by atoms with Gasteiger partial charge in [0.2, 0.25) is 0 Å². The molecule has 0 radical (unpaired) electrons. The molecule has 0 aliphatic rings. The van der Waals surface area contributed by atoms with E-state index < -0.39 is 0 Å². The van der Waals surface area contributed by atoms with E-state index in [1.807, 2.05) is 23.7 Å². The first-order valence-corrected chi connectivity index (χ1v) is 8.72. The highest BCUT2D eigenvalue weighted by Crippen LogP contribution is 2.38. The molecule has 3 heterocycles. The van der Waals surface area contributed by atoms with Gasteiger partial charge < -0.3 is 4.98 Å². The molecule has 0 spiro atoms. The summed E-state index contributed by atoms with van der Waals surface area (Å²) < 4.78 is 0. The molecule has 0 fully saturated rings. The topological polar surface area (TPSA) is 44.5 Å². The fourth-order valence-corrected chi connectivity index (χ4v) is 4.22. The number of hydrogen-bond acceptors (Lipinski definition) is 2. The first-order valence-electron chi connectivity index (χ1n) is 7.90. The van der Waals surface area contributed by atoms with Crippen LogP contribution in [-0.4, -0.2) is 15.2 Å². The molecule has 0 bridgehead atoms. The number of hydrogen-bond donors (Lipinski definition) is 2. The molecule has 0 saturated heterocycles. The van der Waals surface area contributed by atoms with Crippen LogP contribution in [0.1, 0.15) is 4.88 Å². The standard InChI is InChI=1S/C20H15N3S/c1-12-5-6-20(24-12)16-9-13(10-19-17(16)11-22-23-19)14-3-2-4-18-15(14)7-8-21-18/h2-11,21H,1H3,(H,22,23). The van der Waals surface area contributed by atoms with Crippen molar-refractivity contribution >= 4 is 33.1 Å². The number of aryl methyl sites for hydroxylation is 1. The van der Waals surface area contributed by atoms with E-state index in [2.05, 4.69) is 70.6 Å². The summed E-state index contributed by atoms with van der Waals surface area (Å²) in [6.45, 7) is 2.14. The summed E-state index contributed by atoms with van der Waals surface area (Å²) in [6, 6.07) is 17.4. The van der Waals surface area contributed by atoms with Crippen LogP contribution in [0.4, 0.5) is 0 Å². The van der Waals surface area contributed by atoms with Crippen LogP contribution in [0.5, 0.6) is 0 Å². The van der Waals surface area contributed by atoms with Crippen LogP contribution in [-0.2, 0) is 0 Å². The Hall–Kier alpha value is -2.85. The second-order valence-electron chi connectivity index (χ2n) is 6.01. The number of H-pyrrole nitrogens is 2. The molecular formula is C20H15N3S. The zero-order valence-corrected chi connectivity index (χ0v) is 13.9. The van der Waals surface area contributed by atoms with Gasteiger partial charge in [-0.1, -0.05) is 12.1 Å². The Morgan fingerprint density at radius 1 is 0.917 bits per heavy atom. The predicted molar refractivity (Wildman–Crippen MR) is 101 cm³/mol. The maximum absolute atomic E-state index is 4.25. The fraction of sp³-hybridized carbons (Fsp3) is 0.0500. The minimum atomic E-state index is 1.07. The molecule has 0 unspecified atom stereocenters. The van der Waals surface area contributed by atoms with Crippen molar-refractivity contribution in [2.45, 2.75) is 6.92 Å². The van der Waals surface area contributed by atoms with Crippen LogP contribution in [0.3, 0.4) is 0 Å². The van der Waals surface area contributed by atoms with Gasteiger partial charge in [0.25, 0.3) is 0 Å². The van der Waals surface area contributed by atoms with Crippen molar-refractivity contribution in [2.24, 2.45) is 0 Å². The molecule has 0 atom stereocenters. The third kappa shape index (κ3) is 2.00. The molecule has 0 amide bonds. The number of thiophene rings is 1. The van der Waals surface area contributed by atoms with Gasteiger partial charge in [-0.15, -0.1) is 11.3 Å². The number of aromatic nitrogens is 3. The normalized spacial score (nSPS) is 11.5. The van der Waals surface area contributed by atoms with Crippen LogP contribution >= 0.6 is 11.3 Å². The lowest BCUT2D eigenvalue weighted by atomic mass is 9.97. The summed E-state index contributed by atoms with van der Waals surface area (Å²) >= 11 is 1.82. The minimum Gasteiger partial charge on any atom is -0.361 e. The molecule has 2 aromatic carbocycles. The molecule has 5 aromatic rings. The first kappa shape index (κ1) is 13.6. The average molecular weight is 329 g/mol. The lowest BCUT2D eigenvalue weighted by molar-refractivity contribution is 1.12. The largest absolute Gasteiger partial charge is 0.361 e. The number of nitrogens with one attached hydrogen (secondary N) is 2. The van der Waals surface area contributed by atoms with E-state index in [9.17, 15) is 0 Å². The van der Waals surface area contributed by atoms with Crippen LogP contribution in [0.2, 0.25) is 0 Å². The lowest BCUT2D eigenvalue weighted by Gasteiger charge is -2.08. The van der Waals surface area contributed by atoms with Gasteiger partial charge in [0.15, 0.2) is 0 Å². The minimum absolute atomic E-state index is 1.07. The zero-order chi connectivity index (χ0) is 16.1. The Balaban J connectivity index is 1.82. The number of benzene rings is 2. The molecular weight excluding hydrogens is 314 g/mol. The number of nitrogens with zero attached hydrogens (tertiary/aromatic N) is 1. The highest BCUT2D eigenvalue weighted by molar-refractivity contribution is 7.15. The SMILES string of the molecule is Cc1ccc(-c2cc(-c3cccc4[nH]ccc34)cc3[nH]ncc23)s1. The summed E-state index contributed by atoms with van der Waals surface area (Å²) in [5.74, 6) is 0. The molecule has 116 valence electrons. The molecule has 0 aliphatic heterocycles. The highest BCUT2D eigenvalue weighted by atomic mass is 32.1. The Labute approximate surface area is 143 Å². The third-order valence-corrected chi connectivity index (χ3v) is 5.50. The molecule has 24 heavy (non-hydrogen) atoms. The predicted octanol–water partition coefficient (Wildman–Crippen LogP) is 5.75. The van der Waals surface area contributed by atoms with E-state index in [-0.39, 0.29) is 0 Å². The Morgan fingerprint density at radius 3 is 2.75 bits per heavy atom. The summed E-state index contributed by atoms with van der Waals surface area (Å²) in [7, 11) is 0. The van der Waals surface area contributed by atoms with E-state index >= 15 is 0 Å². The summed E-state index contributed by atoms with van der Waals surface area (Å²) in [5, 5.41) is 9.80. The van der Waals surface area contributed by atoms with Crippen molar-refractivity contribution < 1.29 is 0 Å². The fourth-order valence-electron chi connectivity index (χ4n) is 3.33. The second kappa shape index (κ2) is 5.08. The van der Waals surface area contributed by atoms with Crippen LogP contribution in [0, 0.1) is 6.92 Å². The van der Waals surface area contributed by atoms with Gasteiger partial charge in [-0.05, 0) is 54.4 Å². The van der Waals surface area contributed by atoms with Crippen LogP contribution in [0.25, 0.3) is 43.4 Å². The van der Waals surface area contributed by atoms with Crippen molar-refractivity contribution in [2.75, 3.05) is 0 Å². The number of rotatable bonds is 2. The van der Waals surface area contributed by atoms with E-state index in [4.69, 9.17) is 0 Å². The van der Waals surface area contributed by atoms with E-state index in [0.717, 1.165) is 11.0 Å². The molecule has 0 aliphatic carbocycles. The zero-order valence-electron chi connectivity index (χ0n) is 13.1. The first-order chi connectivity index (χ1) is 11.8. The van der Waals surface area contributed by atoms with E-state index in [0.29, 0.717) is 0 Å². The van der Waals surface area contributed by atoms with E-state index in [1.54, 1.807) is 0 Å². The third-order valence-electron chi connectivity index (χ3n) is 4.47. The lowest BCUT2D eigenvalue weighted by Crippen LogP contribution is -1.83. The van der Waals surface area contributed by atoms with Crippen molar-refractivity contribution in [3.63, 3.8) is 0 Å². The second-order valence-corrected chi connectivity index (χ2v) is 7.30. The number of aromatic amines is 2. The van der Waals surface area contributed by atoms with Gasteiger partial charge in [-0.3, -0.25) is 5.10 Å². The Morgan fingerprint density at radius 2 is 1.88 bits per heavy atom. The van der Waals surface area contributed by atoms with Gasteiger partial charge in [-0.25, -0.2) is 0 Å². The molecule has 5 rings (SSSR count). The van der Waals surface area contributed by atoms with Gasteiger partial charge in [0.1, 0.15) is 0 Å². The highest BCUT2D eigenvalue weighted by Gasteiger charge is 2.12. The molecule has 4 heteroatoms. The van der Waals surface area contributed by atoms with Crippen molar-refractivity contribution in [3.8, 4) is 21.6 Å². The maximum atomic E-state index is 4.25. The molecule has 2 N–H and O–H groups in total. The molecule has 0 saturated carbocycles. The maximum Gasteiger partial charge on any atom is 0.0663 e. The van der Waals surface area contributed by atoms with Gasteiger partial charge in [-0.2, -0.15) is 5.10 Å². The monoisotopic (exact) mass is 329 g/mol. The van der Waals surface area contributed by atoms with Crippen LogP contribution < -0.4 is 0 Å². The number of fused-ring (bicyclic) bond motifs is 2. The van der Waals surface area contributed by atoms with Crippen molar-refractivity contribution in [1.82, 2.24) is 15.2 Å². The average Bonchev–Trinajstić information content (AvgIpc) is 3.33. The summed E-state index contributed by atoms with van der Waals surface area (Å²) in [4.78, 5) is 5.89. The quantitative estimate of drug-likeness (QED) is 0.425. The Kier molecular flexibility index (Phi) is 2.87. The van der Waals surface area contributed by atoms with Crippen molar-refractivity contribution in [3.05, 3.63) is 65.8 Å². The summed E-state index contributed by atoms with van der Waals surface area (Å²) in [6.07, 6.45) is 3.91. The van der Waals surface area contributed by atoms with Gasteiger partial charge >= 0.3 is 0 Å². The van der Waals surface area contributed by atoms with Crippen molar-refractivity contribution in [1.29, 1.82) is 0 Å². The van der Waals surface area contributed by atoms with Gasteiger partial charge in [0, 0.05) is 37.8 Å². The van der Waals surface area contributed by atoms with E-state index in [1.165, 1.54) is 37.2 Å². The Bertz CT molecular complexity index is 1180. The van der Waals surface area contributed by atoms with Crippen LogP contribution in [0.15, 0.2) is 60.9 Å². The molecule has 3 aromatic heterocycles. The summed E-state index contributed by atoms with van der Waals surface area (Å²) in [5.41, 5.74) is 5.91. The van der Waals surface area contributed by atoms with Gasteiger partial charge in [0.05, 0.1) is 11.7 Å². The molecule has 3 nitrogen and oxygen atoms in total.